The molecular formula is C14H18N4O. The van der Waals surface area contributed by atoms with Gasteiger partial charge in [-0.3, -0.25) is 4.79 Å². The van der Waals surface area contributed by atoms with E-state index in [1.54, 1.807) is 11.6 Å². The average molecular weight is 258 g/mol. The molecule has 0 spiro atoms. The number of carbonyl (C=O) groups excluding carboxylic acids is 1. The van der Waals surface area contributed by atoms with Crippen LogP contribution in [-0.4, -0.2) is 22.2 Å². The van der Waals surface area contributed by atoms with Gasteiger partial charge in [0, 0.05) is 18.7 Å². The number of nitrogens with one attached hydrogen (secondary N) is 1. The third-order valence-electron chi connectivity index (χ3n) is 2.93. The van der Waals surface area contributed by atoms with Gasteiger partial charge in [-0.05, 0) is 25.1 Å². The molecule has 0 aliphatic rings. The Labute approximate surface area is 112 Å². The highest BCUT2D eigenvalue weighted by molar-refractivity contribution is 5.94. The van der Waals surface area contributed by atoms with E-state index in [1.165, 1.54) is 0 Å². The van der Waals surface area contributed by atoms with Gasteiger partial charge in [0.2, 0.25) is 5.91 Å². The molecule has 3 N–H and O–H groups in total. The molecule has 2 aromatic rings. The van der Waals surface area contributed by atoms with Crippen molar-refractivity contribution in [3.8, 4) is 5.69 Å². The molecule has 0 bridgehead atoms. The van der Waals surface area contributed by atoms with Gasteiger partial charge in [0.05, 0.1) is 17.1 Å². The maximum absolute atomic E-state index is 11.9. The number of nitrogens with two attached hydrogens (primary N) is 1. The SMILES string of the molecule is Cc1ccn(-c2ccccc2NC(=O)C(C)CN)n1. The lowest BCUT2D eigenvalue weighted by molar-refractivity contribution is -0.119. The van der Waals surface area contributed by atoms with Crippen molar-refractivity contribution in [1.29, 1.82) is 0 Å². The lowest BCUT2D eigenvalue weighted by Crippen LogP contribution is -2.27. The normalized spacial score (nSPS) is 12.2. The molecule has 0 aliphatic carbocycles. The molecule has 1 heterocycles. The van der Waals surface area contributed by atoms with E-state index >= 15 is 0 Å². The Morgan fingerprint density at radius 2 is 2.16 bits per heavy atom. The number of rotatable bonds is 4. The first-order chi connectivity index (χ1) is 9.11. The first-order valence-corrected chi connectivity index (χ1v) is 6.24. The summed E-state index contributed by atoms with van der Waals surface area (Å²) < 4.78 is 1.75. The minimum Gasteiger partial charge on any atom is -0.330 e. The van der Waals surface area contributed by atoms with E-state index in [0.29, 0.717) is 6.54 Å². The molecule has 0 saturated heterocycles. The number of nitrogens with zero attached hydrogens (tertiary/aromatic N) is 2. The van der Waals surface area contributed by atoms with E-state index in [-0.39, 0.29) is 11.8 Å². The number of hydrogen-bond acceptors (Lipinski definition) is 3. The summed E-state index contributed by atoms with van der Waals surface area (Å²) in [4.78, 5) is 11.9. The molecule has 2 rings (SSSR count). The van der Waals surface area contributed by atoms with Gasteiger partial charge in [0.15, 0.2) is 0 Å². The third kappa shape index (κ3) is 3.00. The number of amides is 1. The maximum Gasteiger partial charge on any atom is 0.228 e. The molecule has 5 heteroatoms. The van der Waals surface area contributed by atoms with Crippen molar-refractivity contribution >= 4 is 11.6 Å². The summed E-state index contributed by atoms with van der Waals surface area (Å²) in [6, 6.07) is 9.47. The Morgan fingerprint density at radius 1 is 1.42 bits per heavy atom. The predicted molar refractivity (Wildman–Crippen MR) is 75.1 cm³/mol. The summed E-state index contributed by atoms with van der Waals surface area (Å²) in [6.45, 7) is 4.05. The van der Waals surface area contributed by atoms with Crippen LogP contribution in [0.2, 0.25) is 0 Å². The minimum atomic E-state index is -0.215. The first kappa shape index (κ1) is 13.3. The van der Waals surface area contributed by atoms with Gasteiger partial charge in [0.25, 0.3) is 0 Å². The zero-order valence-corrected chi connectivity index (χ0v) is 11.1. The number of anilines is 1. The highest BCUT2D eigenvalue weighted by Crippen LogP contribution is 2.20. The Bertz CT molecular complexity index is 576. The van der Waals surface area contributed by atoms with Gasteiger partial charge in [-0.1, -0.05) is 19.1 Å². The molecule has 0 radical (unpaired) electrons. The highest BCUT2D eigenvalue weighted by atomic mass is 16.1. The summed E-state index contributed by atoms with van der Waals surface area (Å²) in [5.74, 6) is -0.300. The van der Waals surface area contributed by atoms with E-state index in [0.717, 1.165) is 17.1 Å². The van der Waals surface area contributed by atoms with Gasteiger partial charge in [0.1, 0.15) is 0 Å². The van der Waals surface area contributed by atoms with Crippen LogP contribution in [0.15, 0.2) is 36.5 Å². The van der Waals surface area contributed by atoms with Crippen LogP contribution in [0.3, 0.4) is 0 Å². The van der Waals surface area contributed by atoms with Crippen molar-refractivity contribution in [1.82, 2.24) is 9.78 Å². The molecule has 0 saturated carbocycles. The molecule has 1 aromatic heterocycles. The second kappa shape index (κ2) is 5.67. The Kier molecular flexibility index (Phi) is 3.97. The Hall–Kier alpha value is -2.14. The second-order valence-electron chi connectivity index (χ2n) is 4.54. The number of hydrogen-bond donors (Lipinski definition) is 2. The van der Waals surface area contributed by atoms with Crippen LogP contribution in [0.4, 0.5) is 5.69 Å². The summed E-state index contributed by atoms with van der Waals surface area (Å²) in [5, 5.41) is 7.24. The van der Waals surface area contributed by atoms with E-state index in [1.807, 2.05) is 43.5 Å². The van der Waals surface area contributed by atoms with E-state index in [4.69, 9.17) is 5.73 Å². The third-order valence-corrected chi connectivity index (χ3v) is 2.93. The lowest BCUT2D eigenvalue weighted by atomic mass is 10.1. The highest BCUT2D eigenvalue weighted by Gasteiger charge is 2.13. The van der Waals surface area contributed by atoms with Crippen molar-refractivity contribution in [2.75, 3.05) is 11.9 Å². The quantitative estimate of drug-likeness (QED) is 0.877. The monoisotopic (exact) mass is 258 g/mol. The van der Waals surface area contributed by atoms with Gasteiger partial charge < -0.3 is 11.1 Å². The van der Waals surface area contributed by atoms with Crippen molar-refractivity contribution in [3.05, 3.63) is 42.2 Å². The average Bonchev–Trinajstić information content (AvgIpc) is 2.85. The van der Waals surface area contributed by atoms with Crippen LogP contribution in [0, 0.1) is 12.8 Å². The topological polar surface area (TPSA) is 72.9 Å². The molecular weight excluding hydrogens is 240 g/mol. The van der Waals surface area contributed by atoms with Crippen LogP contribution in [0.25, 0.3) is 5.69 Å². The molecule has 100 valence electrons. The molecule has 0 fully saturated rings. The molecule has 5 nitrogen and oxygen atoms in total. The Morgan fingerprint density at radius 3 is 2.79 bits per heavy atom. The largest absolute Gasteiger partial charge is 0.330 e. The van der Waals surface area contributed by atoms with Crippen molar-refractivity contribution < 1.29 is 4.79 Å². The maximum atomic E-state index is 11.9. The van der Waals surface area contributed by atoms with Crippen LogP contribution in [-0.2, 0) is 4.79 Å². The standard InChI is InChI=1S/C14H18N4O/c1-10(9-15)14(19)16-12-5-3-4-6-13(12)18-8-7-11(2)17-18/h3-8,10H,9,15H2,1-2H3,(H,16,19). The fourth-order valence-corrected chi connectivity index (χ4v) is 1.69. The fraction of sp³-hybridized carbons (Fsp3) is 0.286. The van der Waals surface area contributed by atoms with E-state index < -0.39 is 0 Å². The molecule has 19 heavy (non-hydrogen) atoms. The number of aromatic nitrogens is 2. The number of para-hydroxylation sites is 2. The van der Waals surface area contributed by atoms with Gasteiger partial charge in [-0.2, -0.15) is 5.10 Å². The van der Waals surface area contributed by atoms with Crippen LogP contribution >= 0.6 is 0 Å². The molecule has 1 aromatic carbocycles. The number of carbonyl (C=O) groups is 1. The predicted octanol–water partition coefficient (Wildman–Crippen LogP) is 1.71. The number of aryl methyl sites for hydroxylation is 1. The van der Waals surface area contributed by atoms with Gasteiger partial charge in [-0.15, -0.1) is 0 Å². The first-order valence-electron chi connectivity index (χ1n) is 6.24. The molecule has 1 unspecified atom stereocenters. The molecule has 1 atom stereocenters. The minimum absolute atomic E-state index is 0.0844. The Balaban J connectivity index is 2.29. The fourth-order valence-electron chi connectivity index (χ4n) is 1.69. The van der Waals surface area contributed by atoms with Crippen molar-refractivity contribution in [2.45, 2.75) is 13.8 Å². The van der Waals surface area contributed by atoms with E-state index in [9.17, 15) is 4.79 Å². The van der Waals surface area contributed by atoms with Crippen LogP contribution in [0.1, 0.15) is 12.6 Å². The molecule has 1 amide bonds. The van der Waals surface area contributed by atoms with E-state index in [2.05, 4.69) is 10.4 Å². The zero-order chi connectivity index (χ0) is 13.8. The number of benzene rings is 1. The smallest absolute Gasteiger partial charge is 0.228 e. The van der Waals surface area contributed by atoms with Crippen LogP contribution in [0.5, 0.6) is 0 Å². The lowest BCUT2D eigenvalue weighted by Gasteiger charge is -2.13. The summed E-state index contributed by atoms with van der Waals surface area (Å²) in [5.41, 5.74) is 8.00. The zero-order valence-electron chi connectivity index (χ0n) is 11.1. The van der Waals surface area contributed by atoms with Crippen LogP contribution < -0.4 is 11.1 Å². The van der Waals surface area contributed by atoms with Crippen molar-refractivity contribution in [2.24, 2.45) is 11.7 Å². The summed E-state index contributed by atoms with van der Waals surface area (Å²) >= 11 is 0. The summed E-state index contributed by atoms with van der Waals surface area (Å²) in [6.07, 6.45) is 1.87. The second-order valence-corrected chi connectivity index (χ2v) is 4.54. The van der Waals surface area contributed by atoms with Crippen molar-refractivity contribution in [3.63, 3.8) is 0 Å². The van der Waals surface area contributed by atoms with Gasteiger partial charge >= 0.3 is 0 Å². The molecule has 0 aliphatic heterocycles. The summed E-state index contributed by atoms with van der Waals surface area (Å²) in [7, 11) is 0. The van der Waals surface area contributed by atoms with Gasteiger partial charge in [-0.25, -0.2) is 4.68 Å².